The molecule has 2 heterocycles. The smallest absolute Gasteiger partial charge is 0.326 e. The fraction of sp³-hybridized carbons (Fsp3) is 0.667. The third-order valence-electron chi connectivity index (χ3n) is 3.57. The molecule has 2 unspecified atom stereocenters. The zero-order valence-electron chi connectivity index (χ0n) is 11.5. The summed E-state index contributed by atoms with van der Waals surface area (Å²) in [4.78, 5) is 24.9. The highest BCUT2D eigenvalue weighted by molar-refractivity contribution is 7.15. The molecule has 0 bridgehead atoms. The number of anilines is 1. The summed E-state index contributed by atoms with van der Waals surface area (Å²) in [5, 5.41) is 20.7. The fourth-order valence-electron chi connectivity index (χ4n) is 2.40. The Hall–Kier alpha value is -1.70. The van der Waals surface area contributed by atoms with Crippen LogP contribution in [0.4, 0.5) is 9.93 Å². The van der Waals surface area contributed by atoms with Crippen molar-refractivity contribution in [2.45, 2.75) is 39.2 Å². The summed E-state index contributed by atoms with van der Waals surface area (Å²) in [6, 6.07) is -1.18. The molecule has 2 amide bonds. The molecule has 0 radical (unpaired) electrons. The van der Waals surface area contributed by atoms with Gasteiger partial charge in [0.1, 0.15) is 11.0 Å². The third-order valence-corrected chi connectivity index (χ3v) is 4.33. The van der Waals surface area contributed by atoms with Crippen LogP contribution in [0.25, 0.3) is 0 Å². The number of nitrogens with one attached hydrogen (secondary N) is 1. The van der Waals surface area contributed by atoms with Crippen molar-refractivity contribution in [3.8, 4) is 0 Å². The van der Waals surface area contributed by atoms with E-state index in [-0.39, 0.29) is 0 Å². The summed E-state index contributed by atoms with van der Waals surface area (Å²) in [7, 11) is 0. The average molecular weight is 298 g/mol. The van der Waals surface area contributed by atoms with Gasteiger partial charge in [0.15, 0.2) is 0 Å². The number of aryl methyl sites for hydroxylation is 1. The van der Waals surface area contributed by atoms with E-state index in [2.05, 4.69) is 15.5 Å². The van der Waals surface area contributed by atoms with Crippen LogP contribution in [0, 0.1) is 12.8 Å². The van der Waals surface area contributed by atoms with Crippen LogP contribution in [-0.2, 0) is 4.79 Å². The Morgan fingerprint density at radius 2 is 2.25 bits per heavy atom. The molecule has 2 N–H and O–H groups in total. The molecule has 1 saturated heterocycles. The molecule has 1 aliphatic heterocycles. The van der Waals surface area contributed by atoms with Crippen LogP contribution in [0.2, 0.25) is 0 Å². The van der Waals surface area contributed by atoms with Crippen molar-refractivity contribution < 1.29 is 14.7 Å². The zero-order valence-corrected chi connectivity index (χ0v) is 12.3. The van der Waals surface area contributed by atoms with Gasteiger partial charge in [-0.25, -0.2) is 9.59 Å². The summed E-state index contributed by atoms with van der Waals surface area (Å²) in [5.74, 6) is -0.587. The van der Waals surface area contributed by atoms with Crippen LogP contribution in [-0.4, -0.2) is 44.8 Å². The van der Waals surface area contributed by atoms with Gasteiger partial charge in [-0.1, -0.05) is 24.7 Å². The largest absolute Gasteiger partial charge is 0.480 e. The molecule has 0 saturated carbocycles. The number of amides is 2. The monoisotopic (exact) mass is 298 g/mol. The van der Waals surface area contributed by atoms with Gasteiger partial charge < -0.3 is 10.0 Å². The number of carbonyl (C=O) groups is 2. The number of carboxylic acids is 1. The van der Waals surface area contributed by atoms with Crippen molar-refractivity contribution in [2.24, 2.45) is 5.92 Å². The van der Waals surface area contributed by atoms with Gasteiger partial charge in [-0.3, -0.25) is 5.32 Å². The number of aliphatic carboxylic acids is 1. The first-order valence-electron chi connectivity index (χ1n) is 6.61. The summed E-state index contributed by atoms with van der Waals surface area (Å²) in [6.07, 6.45) is 2.28. The number of aromatic nitrogens is 2. The zero-order chi connectivity index (χ0) is 14.7. The van der Waals surface area contributed by atoms with E-state index in [9.17, 15) is 14.7 Å². The first kappa shape index (κ1) is 14.7. The minimum atomic E-state index is -0.952. The van der Waals surface area contributed by atoms with E-state index >= 15 is 0 Å². The number of hydrogen-bond donors (Lipinski definition) is 2. The predicted molar refractivity (Wildman–Crippen MR) is 74.8 cm³/mol. The number of carbonyl (C=O) groups excluding carboxylic acids is 1. The van der Waals surface area contributed by atoms with E-state index in [1.54, 1.807) is 6.92 Å². The van der Waals surface area contributed by atoms with Crippen molar-refractivity contribution >= 4 is 28.5 Å². The number of likely N-dealkylation sites (tertiary alicyclic amines) is 1. The standard InChI is InChI=1S/C12H18N4O3S/c1-3-8-4-5-16(9(6-8)10(17)18)12(19)13-11-15-14-7(2)20-11/h8-9H,3-6H2,1-2H3,(H,17,18)(H,13,15,19). The van der Waals surface area contributed by atoms with Crippen molar-refractivity contribution in [1.82, 2.24) is 15.1 Å². The number of hydrogen-bond acceptors (Lipinski definition) is 5. The van der Waals surface area contributed by atoms with Gasteiger partial charge in [-0.15, -0.1) is 10.2 Å². The predicted octanol–water partition coefficient (Wildman–Crippen LogP) is 1.95. The third kappa shape index (κ3) is 3.24. The first-order valence-corrected chi connectivity index (χ1v) is 7.43. The van der Waals surface area contributed by atoms with Crippen molar-refractivity contribution in [3.05, 3.63) is 5.01 Å². The Kier molecular flexibility index (Phi) is 4.53. The molecule has 110 valence electrons. The van der Waals surface area contributed by atoms with Gasteiger partial charge in [0, 0.05) is 6.54 Å². The van der Waals surface area contributed by atoms with Crippen LogP contribution < -0.4 is 5.32 Å². The van der Waals surface area contributed by atoms with Gasteiger partial charge in [-0.2, -0.15) is 0 Å². The normalized spacial score (nSPS) is 22.6. The number of nitrogens with zero attached hydrogens (tertiary/aromatic N) is 3. The van der Waals surface area contributed by atoms with Crippen molar-refractivity contribution in [1.29, 1.82) is 0 Å². The van der Waals surface area contributed by atoms with Crippen molar-refractivity contribution in [3.63, 3.8) is 0 Å². The van der Waals surface area contributed by atoms with E-state index in [1.165, 1.54) is 16.2 Å². The van der Waals surface area contributed by atoms with E-state index in [1.807, 2.05) is 6.92 Å². The molecule has 0 aliphatic carbocycles. The number of urea groups is 1. The lowest BCUT2D eigenvalue weighted by atomic mass is 9.89. The Labute approximate surface area is 121 Å². The lowest BCUT2D eigenvalue weighted by Gasteiger charge is -2.36. The highest BCUT2D eigenvalue weighted by Gasteiger charge is 2.35. The summed E-state index contributed by atoms with van der Waals surface area (Å²) in [5.41, 5.74) is 0. The second kappa shape index (κ2) is 6.17. The van der Waals surface area contributed by atoms with Crippen LogP contribution in [0.3, 0.4) is 0 Å². The Morgan fingerprint density at radius 1 is 1.50 bits per heavy atom. The average Bonchev–Trinajstić information content (AvgIpc) is 2.83. The minimum absolute atomic E-state index is 0.365. The molecule has 1 aromatic heterocycles. The quantitative estimate of drug-likeness (QED) is 0.889. The SMILES string of the molecule is CCC1CCN(C(=O)Nc2nnc(C)s2)C(C(=O)O)C1. The van der Waals surface area contributed by atoms with Crippen molar-refractivity contribution in [2.75, 3.05) is 11.9 Å². The van der Waals surface area contributed by atoms with Gasteiger partial charge in [-0.05, 0) is 25.7 Å². The molecule has 7 nitrogen and oxygen atoms in total. The molecule has 0 aromatic carbocycles. The highest BCUT2D eigenvalue weighted by atomic mass is 32.1. The second-order valence-corrected chi connectivity index (χ2v) is 6.08. The molecule has 2 rings (SSSR count). The Morgan fingerprint density at radius 3 is 2.80 bits per heavy atom. The van der Waals surface area contributed by atoms with Crippen LogP contribution >= 0.6 is 11.3 Å². The summed E-state index contributed by atoms with van der Waals surface area (Å²) < 4.78 is 0. The first-order chi connectivity index (χ1) is 9.51. The van der Waals surface area contributed by atoms with Crippen LogP contribution in [0.5, 0.6) is 0 Å². The molecule has 1 aliphatic rings. The number of rotatable bonds is 3. The highest BCUT2D eigenvalue weighted by Crippen LogP contribution is 2.26. The van der Waals surface area contributed by atoms with E-state index in [0.717, 1.165) is 17.8 Å². The Balaban J connectivity index is 2.05. The van der Waals surface area contributed by atoms with E-state index in [4.69, 9.17) is 0 Å². The van der Waals surface area contributed by atoms with Gasteiger partial charge in [0.05, 0.1) is 0 Å². The summed E-state index contributed by atoms with van der Waals surface area (Å²) >= 11 is 1.27. The van der Waals surface area contributed by atoms with Gasteiger partial charge in [0.25, 0.3) is 0 Å². The van der Waals surface area contributed by atoms with Gasteiger partial charge >= 0.3 is 12.0 Å². The molecule has 1 aromatic rings. The second-order valence-electron chi connectivity index (χ2n) is 4.90. The fourth-order valence-corrected chi connectivity index (χ4v) is 2.98. The Bertz CT molecular complexity index is 505. The lowest BCUT2D eigenvalue weighted by molar-refractivity contribution is -0.143. The molecule has 20 heavy (non-hydrogen) atoms. The van der Waals surface area contributed by atoms with E-state index < -0.39 is 18.0 Å². The van der Waals surface area contributed by atoms with Crippen LogP contribution in [0.15, 0.2) is 0 Å². The molecule has 0 spiro atoms. The molecular formula is C12H18N4O3S. The van der Waals surface area contributed by atoms with Gasteiger partial charge in [0.2, 0.25) is 5.13 Å². The lowest BCUT2D eigenvalue weighted by Crippen LogP contribution is -2.51. The number of carboxylic acid groups (broad SMARTS) is 1. The maximum atomic E-state index is 12.2. The number of piperidine rings is 1. The molecular weight excluding hydrogens is 280 g/mol. The maximum absolute atomic E-state index is 12.2. The molecule has 8 heteroatoms. The summed E-state index contributed by atoms with van der Waals surface area (Å²) in [6.45, 7) is 4.29. The topological polar surface area (TPSA) is 95.4 Å². The molecule has 1 fully saturated rings. The van der Waals surface area contributed by atoms with Crippen LogP contribution in [0.1, 0.15) is 31.2 Å². The maximum Gasteiger partial charge on any atom is 0.326 e. The minimum Gasteiger partial charge on any atom is -0.480 e. The molecule has 2 atom stereocenters. The van der Waals surface area contributed by atoms with E-state index in [0.29, 0.717) is 24.0 Å².